The Balaban J connectivity index is 0.00000144. The maximum atomic E-state index is 5.40. The molecule has 1 unspecified atom stereocenters. The van der Waals surface area contributed by atoms with Crippen molar-refractivity contribution < 1.29 is 24.3 Å². The van der Waals surface area contributed by atoms with Crippen molar-refractivity contribution in [2.75, 3.05) is 4.90 Å². The number of nitrogens with zero attached hydrogens (tertiary/aromatic N) is 2. The predicted molar refractivity (Wildman–Crippen MR) is 64.9 cm³/mol. The molecule has 3 nitrogen and oxygen atoms in total. The Morgan fingerprint density at radius 1 is 1.41 bits per heavy atom. The molecular weight excluding hydrogens is 303 g/mol. The molecule has 0 N–H and O–H groups in total. The second kappa shape index (κ2) is 6.75. The molecule has 4 heteroatoms. The van der Waals surface area contributed by atoms with Crippen LogP contribution >= 0.6 is 0 Å². The van der Waals surface area contributed by atoms with Crippen LogP contribution in [0.4, 0.5) is 5.69 Å². The zero-order valence-electron chi connectivity index (χ0n) is 10.0. The Morgan fingerprint density at radius 2 is 2.18 bits per heavy atom. The molecule has 1 aliphatic heterocycles. The maximum Gasteiger partial charge on any atom is 2.00 e. The Labute approximate surface area is 116 Å². The summed E-state index contributed by atoms with van der Waals surface area (Å²) in [5.41, 5.74) is 0.994. The molecule has 1 heterocycles. The van der Waals surface area contributed by atoms with Crippen molar-refractivity contribution in [1.82, 2.24) is 0 Å². The zero-order valence-corrected chi connectivity index (χ0v) is 11.7. The molecule has 1 aromatic carbocycles. The first-order valence-corrected chi connectivity index (χ1v) is 5.65. The van der Waals surface area contributed by atoms with E-state index in [0.717, 1.165) is 18.5 Å². The van der Waals surface area contributed by atoms with E-state index in [4.69, 9.17) is 4.84 Å². The molecule has 0 bridgehead atoms. The molecule has 93 valence electrons. The smallest absolute Gasteiger partial charge is 0.403 e. The molecule has 1 aliphatic rings. The van der Waals surface area contributed by atoms with Gasteiger partial charge in [-0.25, -0.2) is 0 Å². The predicted octanol–water partition coefficient (Wildman–Crippen LogP) is 2.98. The van der Waals surface area contributed by atoms with Gasteiger partial charge in [-0.1, -0.05) is 24.7 Å². The number of hydrogen-bond acceptors (Lipinski definition) is 3. The summed E-state index contributed by atoms with van der Waals surface area (Å²) in [4.78, 5) is 7.42. The molecule has 0 aliphatic carbocycles. The minimum absolute atomic E-state index is 0. The Kier molecular flexibility index (Phi) is 5.63. The van der Waals surface area contributed by atoms with Gasteiger partial charge in [-0.2, -0.15) is 37.1 Å². The van der Waals surface area contributed by atoms with Crippen molar-refractivity contribution in [2.45, 2.75) is 32.9 Å². The zero-order chi connectivity index (χ0) is 11.4. The molecule has 0 amide bonds. The van der Waals surface area contributed by atoms with Crippen molar-refractivity contribution in [3.8, 4) is 0 Å². The summed E-state index contributed by atoms with van der Waals surface area (Å²) in [7, 11) is 0. The van der Waals surface area contributed by atoms with Crippen LogP contribution in [0.15, 0.2) is 29.4 Å². The van der Waals surface area contributed by atoms with E-state index < -0.39 is 0 Å². The van der Waals surface area contributed by atoms with E-state index in [1.54, 1.807) is 6.34 Å². The van der Waals surface area contributed by atoms with Crippen LogP contribution in [0, 0.1) is 12.0 Å². The van der Waals surface area contributed by atoms with Gasteiger partial charge in [0.05, 0.1) is 6.23 Å². The fourth-order valence-corrected chi connectivity index (χ4v) is 1.85. The fraction of sp³-hybridized carbons (Fsp3) is 0.385. The third kappa shape index (κ3) is 3.07. The minimum Gasteiger partial charge on any atom is -0.403 e. The molecule has 2 rings (SSSR count). The van der Waals surface area contributed by atoms with Gasteiger partial charge in [0, 0.05) is 0 Å². The summed E-state index contributed by atoms with van der Waals surface area (Å²) >= 11 is 0. The first kappa shape index (κ1) is 14.2. The summed E-state index contributed by atoms with van der Waals surface area (Å²) in [6.45, 7) is 4.29. The van der Waals surface area contributed by atoms with E-state index in [0.29, 0.717) is 0 Å². The van der Waals surface area contributed by atoms with Crippen LogP contribution < -0.4 is 4.90 Å². The van der Waals surface area contributed by atoms with E-state index in [-0.39, 0.29) is 25.7 Å². The number of oxime groups is 1. The van der Waals surface area contributed by atoms with E-state index in [9.17, 15) is 0 Å². The average Bonchev–Trinajstić information content (AvgIpc) is 2.81. The number of anilines is 1. The summed E-state index contributed by atoms with van der Waals surface area (Å²) in [6, 6.07) is 11.0. The van der Waals surface area contributed by atoms with Crippen LogP contribution in [-0.2, 0) is 24.3 Å². The Hall–Kier alpha value is -0.887. The molecule has 1 radical (unpaired) electrons. The van der Waals surface area contributed by atoms with Crippen LogP contribution in [0.2, 0.25) is 0 Å². The Bertz CT molecular complexity index is 352. The number of hydrogen-bond donors (Lipinski definition) is 0. The molecule has 0 fully saturated rings. The third-order valence-corrected chi connectivity index (χ3v) is 2.81. The summed E-state index contributed by atoms with van der Waals surface area (Å²) in [5, 5.41) is 3.90. The molecule has 0 aromatic heterocycles. The largest absolute Gasteiger partial charge is 2.00 e. The second-order valence-corrected chi connectivity index (χ2v) is 3.70. The van der Waals surface area contributed by atoms with Crippen molar-refractivity contribution in [2.24, 2.45) is 5.16 Å². The molecule has 17 heavy (non-hydrogen) atoms. The first-order chi connectivity index (χ1) is 7.86. The summed E-state index contributed by atoms with van der Waals surface area (Å²) in [6.07, 6.45) is 3.68. The van der Waals surface area contributed by atoms with Gasteiger partial charge in [-0.15, -0.1) is 6.07 Å². The number of benzene rings is 1. The van der Waals surface area contributed by atoms with E-state index in [1.807, 2.05) is 29.2 Å². The molecule has 1 atom stereocenters. The normalized spacial score (nSPS) is 18.1. The van der Waals surface area contributed by atoms with Gasteiger partial charge in [0.2, 0.25) is 0 Å². The molecule has 1 aromatic rings. The van der Waals surface area contributed by atoms with E-state index >= 15 is 0 Å². The van der Waals surface area contributed by atoms with Gasteiger partial charge < -0.3 is 9.74 Å². The fourth-order valence-electron chi connectivity index (χ4n) is 1.85. The van der Waals surface area contributed by atoms with Gasteiger partial charge in [0.15, 0.2) is 0 Å². The third-order valence-electron chi connectivity index (χ3n) is 2.81. The van der Waals surface area contributed by atoms with Crippen LogP contribution in [-0.4, -0.2) is 12.6 Å². The van der Waals surface area contributed by atoms with Crippen molar-refractivity contribution in [3.05, 3.63) is 36.2 Å². The van der Waals surface area contributed by atoms with Crippen LogP contribution in [0.3, 0.4) is 0 Å². The average molecular weight is 319 g/mol. The molecule has 0 saturated carbocycles. The van der Waals surface area contributed by atoms with Crippen LogP contribution in [0.5, 0.6) is 0 Å². The molecule has 0 saturated heterocycles. The quantitative estimate of drug-likeness (QED) is 0.630. The maximum absolute atomic E-state index is 5.40. The van der Waals surface area contributed by atoms with Gasteiger partial charge in [-0.05, 0) is 0 Å². The van der Waals surface area contributed by atoms with Crippen molar-refractivity contribution >= 4 is 12.0 Å². The van der Waals surface area contributed by atoms with Crippen molar-refractivity contribution in [3.63, 3.8) is 0 Å². The molecular formula is C13H16N2ORh. The minimum atomic E-state index is -0.0614. The first-order valence-electron chi connectivity index (χ1n) is 5.65. The SMILES string of the molecule is CC[C-](CC)C1ON=CN1c1[c-]cccc1.[Rh+2]. The summed E-state index contributed by atoms with van der Waals surface area (Å²) in [5.74, 6) is 1.34. The van der Waals surface area contributed by atoms with Gasteiger partial charge in [0.25, 0.3) is 0 Å². The number of rotatable bonds is 4. The topological polar surface area (TPSA) is 24.8 Å². The Morgan fingerprint density at radius 3 is 2.76 bits per heavy atom. The standard InChI is InChI=1S/C13H16N2O.Rh/c1-3-11(4-2)13-15(10-14-16-13)12-8-6-5-7-9-12;/h5-8,10,13H,3-4H2,1-2H3;/q-2;+2. The monoisotopic (exact) mass is 319 g/mol. The van der Waals surface area contributed by atoms with Crippen molar-refractivity contribution in [1.29, 1.82) is 0 Å². The van der Waals surface area contributed by atoms with Gasteiger partial charge in [0.1, 0.15) is 6.34 Å². The molecule has 0 spiro atoms. The van der Waals surface area contributed by atoms with Crippen LogP contribution in [0.1, 0.15) is 26.7 Å². The van der Waals surface area contributed by atoms with Gasteiger partial charge in [-0.3, -0.25) is 5.92 Å². The van der Waals surface area contributed by atoms with E-state index in [2.05, 4.69) is 25.1 Å². The second-order valence-electron chi connectivity index (χ2n) is 3.70. The number of para-hydroxylation sites is 1. The van der Waals surface area contributed by atoms with E-state index in [1.165, 1.54) is 5.92 Å². The summed E-state index contributed by atoms with van der Waals surface area (Å²) < 4.78 is 0. The van der Waals surface area contributed by atoms with Crippen LogP contribution in [0.25, 0.3) is 0 Å². The van der Waals surface area contributed by atoms with Gasteiger partial charge >= 0.3 is 19.5 Å².